The van der Waals surface area contributed by atoms with Crippen molar-refractivity contribution in [3.05, 3.63) is 77.7 Å². The molecule has 0 aliphatic rings. The highest BCUT2D eigenvalue weighted by Crippen LogP contribution is 2.28. The van der Waals surface area contributed by atoms with Crippen molar-refractivity contribution in [2.45, 2.75) is 13.1 Å². The van der Waals surface area contributed by atoms with Gasteiger partial charge < -0.3 is 10.3 Å². The van der Waals surface area contributed by atoms with Crippen molar-refractivity contribution >= 4 is 22.5 Å². The van der Waals surface area contributed by atoms with Crippen molar-refractivity contribution in [3.8, 4) is 5.69 Å². The molecule has 142 valence electrons. The molecule has 4 rings (SSSR count). The fourth-order valence-electron chi connectivity index (χ4n) is 2.94. The summed E-state index contributed by atoms with van der Waals surface area (Å²) in [5.41, 5.74) is 2.51. The number of halogens is 3. The SMILES string of the molecule is Cc1cc2cc(NC(=O)c3ccc(-n4ccc(C(F)(F)F)n4)cc3)ccc2[nH]1. The summed E-state index contributed by atoms with van der Waals surface area (Å²) in [5, 5.41) is 7.32. The molecule has 0 saturated carbocycles. The highest BCUT2D eigenvalue weighted by molar-refractivity contribution is 6.05. The largest absolute Gasteiger partial charge is 0.435 e. The number of anilines is 1. The highest BCUT2D eigenvalue weighted by atomic mass is 19.4. The predicted octanol–water partition coefficient (Wildman–Crippen LogP) is 4.93. The van der Waals surface area contributed by atoms with Crippen LogP contribution in [0, 0.1) is 6.92 Å². The molecule has 0 spiro atoms. The van der Waals surface area contributed by atoms with Gasteiger partial charge >= 0.3 is 6.18 Å². The highest BCUT2D eigenvalue weighted by Gasteiger charge is 2.33. The molecule has 2 heterocycles. The minimum absolute atomic E-state index is 0.311. The Kier molecular flexibility index (Phi) is 4.18. The second-order valence-corrected chi connectivity index (χ2v) is 6.40. The van der Waals surface area contributed by atoms with E-state index in [4.69, 9.17) is 0 Å². The Hall–Kier alpha value is -3.55. The minimum Gasteiger partial charge on any atom is -0.359 e. The first-order chi connectivity index (χ1) is 13.3. The number of aromatic amines is 1. The lowest BCUT2D eigenvalue weighted by atomic mass is 10.1. The second kappa shape index (κ2) is 6.56. The molecule has 0 aliphatic heterocycles. The zero-order chi connectivity index (χ0) is 19.9. The van der Waals surface area contributed by atoms with Gasteiger partial charge in [0, 0.05) is 34.0 Å². The van der Waals surface area contributed by atoms with Gasteiger partial charge in [-0.2, -0.15) is 18.3 Å². The van der Waals surface area contributed by atoms with E-state index in [2.05, 4.69) is 15.4 Å². The van der Waals surface area contributed by atoms with Crippen molar-refractivity contribution in [1.82, 2.24) is 14.8 Å². The summed E-state index contributed by atoms with van der Waals surface area (Å²) in [4.78, 5) is 15.7. The fourth-order valence-corrected chi connectivity index (χ4v) is 2.94. The van der Waals surface area contributed by atoms with Crippen LogP contribution in [0.5, 0.6) is 0 Å². The molecule has 0 bridgehead atoms. The van der Waals surface area contributed by atoms with Crippen LogP contribution in [-0.4, -0.2) is 20.7 Å². The summed E-state index contributed by atoms with van der Waals surface area (Å²) in [7, 11) is 0. The van der Waals surface area contributed by atoms with E-state index in [1.807, 2.05) is 25.1 Å². The van der Waals surface area contributed by atoms with Gasteiger partial charge in [0.1, 0.15) is 0 Å². The van der Waals surface area contributed by atoms with Gasteiger partial charge in [0.2, 0.25) is 0 Å². The van der Waals surface area contributed by atoms with Gasteiger partial charge in [-0.3, -0.25) is 4.79 Å². The number of hydrogen-bond acceptors (Lipinski definition) is 2. The Morgan fingerprint density at radius 2 is 1.82 bits per heavy atom. The summed E-state index contributed by atoms with van der Waals surface area (Å²) in [6.45, 7) is 1.96. The molecule has 5 nitrogen and oxygen atoms in total. The Balaban J connectivity index is 1.51. The molecule has 4 aromatic rings. The van der Waals surface area contributed by atoms with Crippen LogP contribution < -0.4 is 5.32 Å². The molecule has 28 heavy (non-hydrogen) atoms. The monoisotopic (exact) mass is 384 g/mol. The lowest BCUT2D eigenvalue weighted by Gasteiger charge is -2.07. The van der Waals surface area contributed by atoms with Crippen LogP contribution in [0.1, 0.15) is 21.7 Å². The van der Waals surface area contributed by atoms with Crippen LogP contribution in [0.25, 0.3) is 16.6 Å². The lowest BCUT2D eigenvalue weighted by molar-refractivity contribution is -0.141. The van der Waals surface area contributed by atoms with Gasteiger partial charge in [0.15, 0.2) is 5.69 Å². The molecule has 1 amide bonds. The molecule has 2 N–H and O–H groups in total. The topological polar surface area (TPSA) is 62.7 Å². The van der Waals surface area contributed by atoms with Gasteiger partial charge in [-0.05, 0) is 61.5 Å². The molecular weight excluding hydrogens is 369 g/mol. The van der Waals surface area contributed by atoms with Gasteiger partial charge in [0.05, 0.1) is 5.69 Å². The third-order valence-electron chi connectivity index (χ3n) is 4.29. The first-order valence-corrected chi connectivity index (χ1v) is 8.44. The summed E-state index contributed by atoms with van der Waals surface area (Å²) in [6, 6.07) is 14.6. The second-order valence-electron chi connectivity index (χ2n) is 6.40. The number of nitrogens with one attached hydrogen (secondary N) is 2. The third-order valence-corrected chi connectivity index (χ3v) is 4.29. The van der Waals surface area contributed by atoms with Crippen molar-refractivity contribution in [3.63, 3.8) is 0 Å². The Morgan fingerprint density at radius 1 is 1.07 bits per heavy atom. The van der Waals surface area contributed by atoms with Gasteiger partial charge in [-0.25, -0.2) is 4.68 Å². The van der Waals surface area contributed by atoms with Crippen LogP contribution in [0.4, 0.5) is 18.9 Å². The van der Waals surface area contributed by atoms with E-state index in [-0.39, 0.29) is 5.91 Å². The van der Waals surface area contributed by atoms with Crippen molar-refractivity contribution in [1.29, 1.82) is 0 Å². The Bertz CT molecular complexity index is 1160. The van der Waals surface area contributed by atoms with Crippen molar-refractivity contribution in [2.75, 3.05) is 5.32 Å². The number of carbonyl (C=O) groups excluding carboxylic acids is 1. The Morgan fingerprint density at radius 3 is 2.50 bits per heavy atom. The van der Waals surface area contributed by atoms with Crippen LogP contribution in [0.2, 0.25) is 0 Å². The van der Waals surface area contributed by atoms with Crippen LogP contribution >= 0.6 is 0 Å². The van der Waals surface area contributed by atoms with E-state index in [0.717, 1.165) is 27.3 Å². The predicted molar refractivity (Wildman–Crippen MR) is 99.6 cm³/mol. The van der Waals surface area contributed by atoms with Crippen molar-refractivity contribution in [2.24, 2.45) is 0 Å². The van der Waals surface area contributed by atoms with Crippen LogP contribution in [0.3, 0.4) is 0 Å². The zero-order valence-corrected chi connectivity index (χ0v) is 14.7. The Labute approximate surface area is 157 Å². The molecule has 2 aromatic carbocycles. The first-order valence-electron chi connectivity index (χ1n) is 8.44. The fraction of sp³-hybridized carbons (Fsp3) is 0.100. The zero-order valence-electron chi connectivity index (χ0n) is 14.7. The lowest BCUT2D eigenvalue weighted by Crippen LogP contribution is -2.12. The number of amides is 1. The maximum Gasteiger partial charge on any atom is 0.435 e. The number of rotatable bonds is 3. The molecule has 0 fully saturated rings. The van der Waals surface area contributed by atoms with E-state index in [0.29, 0.717) is 16.9 Å². The minimum atomic E-state index is -4.50. The molecule has 0 unspecified atom stereocenters. The summed E-state index contributed by atoms with van der Waals surface area (Å²) in [6.07, 6.45) is -3.27. The number of carbonyl (C=O) groups is 1. The summed E-state index contributed by atoms with van der Waals surface area (Å²) < 4.78 is 39.1. The number of aryl methyl sites for hydroxylation is 1. The van der Waals surface area contributed by atoms with E-state index in [1.54, 1.807) is 30.3 Å². The quantitative estimate of drug-likeness (QED) is 0.526. The molecule has 0 radical (unpaired) electrons. The molecular formula is C20H15F3N4O. The maximum absolute atomic E-state index is 12.7. The first kappa shape index (κ1) is 17.8. The summed E-state index contributed by atoms with van der Waals surface area (Å²) >= 11 is 0. The van der Waals surface area contributed by atoms with Gasteiger partial charge in [-0.15, -0.1) is 0 Å². The van der Waals surface area contributed by atoms with Crippen LogP contribution in [-0.2, 0) is 6.18 Å². The molecule has 0 aliphatic carbocycles. The number of alkyl halides is 3. The average molecular weight is 384 g/mol. The average Bonchev–Trinajstić information content (AvgIpc) is 3.27. The number of benzene rings is 2. The van der Waals surface area contributed by atoms with Crippen LogP contribution in [0.15, 0.2) is 60.8 Å². The number of hydrogen-bond donors (Lipinski definition) is 2. The normalized spacial score (nSPS) is 11.7. The van der Waals surface area contributed by atoms with E-state index < -0.39 is 11.9 Å². The number of aromatic nitrogens is 3. The van der Waals surface area contributed by atoms with E-state index >= 15 is 0 Å². The smallest absolute Gasteiger partial charge is 0.359 e. The third kappa shape index (κ3) is 3.48. The number of fused-ring (bicyclic) bond motifs is 1. The van der Waals surface area contributed by atoms with E-state index in [1.165, 1.54) is 6.20 Å². The summed E-state index contributed by atoms with van der Waals surface area (Å²) in [5.74, 6) is -0.311. The molecule has 0 atom stereocenters. The maximum atomic E-state index is 12.7. The molecule has 0 saturated heterocycles. The molecule has 8 heteroatoms. The number of nitrogens with zero attached hydrogens (tertiary/aromatic N) is 2. The number of H-pyrrole nitrogens is 1. The molecule has 2 aromatic heterocycles. The van der Waals surface area contributed by atoms with Crippen molar-refractivity contribution < 1.29 is 18.0 Å². The van der Waals surface area contributed by atoms with Gasteiger partial charge in [-0.1, -0.05) is 0 Å². The standard InChI is InChI=1S/C20H15F3N4O/c1-12-10-14-11-15(4-7-17(14)24-12)25-19(28)13-2-5-16(6-3-13)27-9-8-18(26-27)20(21,22)23/h2-11,24H,1H3,(H,25,28). The van der Waals surface area contributed by atoms with Gasteiger partial charge in [0.25, 0.3) is 5.91 Å². The van der Waals surface area contributed by atoms with E-state index in [9.17, 15) is 18.0 Å².